The highest BCUT2D eigenvalue weighted by Gasteiger charge is 2.36. The van der Waals surface area contributed by atoms with E-state index in [0.29, 0.717) is 30.9 Å². The molecule has 0 aliphatic carbocycles. The number of carboxylic acid groups (broad SMARTS) is 1. The van der Waals surface area contributed by atoms with Crippen LogP contribution in [0.1, 0.15) is 69.7 Å². The van der Waals surface area contributed by atoms with Gasteiger partial charge in [-0.25, -0.2) is 8.78 Å². The molecule has 0 fully saturated rings. The second-order valence-corrected chi connectivity index (χ2v) is 10.1. The smallest absolute Gasteiger partial charge is 0.303 e. The molecular formula is C29H36F2N2O6. The molecular weight excluding hydrogens is 510 g/mol. The van der Waals surface area contributed by atoms with Crippen molar-refractivity contribution in [3.63, 3.8) is 0 Å². The maximum absolute atomic E-state index is 15.1. The molecule has 8 nitrogen and oxygen atoms in total. The molecule has 10 heteroatoms. The fourth-order valence-electron chi connectivity index (χ4n) is 4.88. The van der Waals surface area contributed by atoms with Gasteiger partial charge in [-0.15, -0.1) is 0 Å². The summed E-state index contributed by atoms with van der Waals surface area (Å²) in [5.74, 6) is -3.02. The van der Waals surface area contributed by atoms with E-state index in [1.54, 1.807) is 32.9 Å². The van der Waals surface area contributed by atoms with Crippen molar-refractivity contribution >= 4 is 23.5 Å². The summed E-state index contributed by atoms with van der Waals surface area (Å²) < 4.78 is 41.2. The van der Waals surface area contributed by atoms with E-state index in [-0.39, 0.29) is 49.6 Å². The maximum atomic E-state index is 15.1. The van der Waals surface area contributed by atoms with Crippen LogP contribution in [0.15, 0.2) is 30.3 Å². The third kappa shape index (κ3) is 7.32. The molecule has 0 bridgehead atoms. The quantitative estimate of drug-likeness (QED) is 0.388. The lowest BCUT2D eigenvalue weighted by molar-refractivity contribution is -0.140. The van der Waals surface area contributed by atoms with E-state index in [4.69, 9.17) is 14.6 Å². The van der Waals surface area contributed by atoms with Gasteiger partial charge >= 0.3 is 5.97 Å². The first-order valence-corrected chi connectivity index (χ1v) is 13.1. The predicted molar refractivity (Wildman–Crippen MR) is 142 cm³/mol. The van der Waals surface area contributed by atoms with Crippen molar-refractivity contribution in [3.8, 4) is 5.75 Å². The predicted octanol–water partition coefficient (Wildman–Crippen LogP) is 5.00. The number of amides is 2. The lowest BCUT2D eigenvalue weighted by Crippen LogP contribution is -2.45. The Bertz CT molecular complexity index is 1190. The minimum Gasteiger partial charge on any atom is -0.494 e. The summed E-state index contributed by atoms with van der Waals surface area (Å²) in [6.45, 7) is 8.20. The first-order chi connectivity index (χ1) is 18.5. The van der Waals surface area contributed by atoms with Gasteiger partial charge in [0, 0.05) is 42.7 Å². The largest absolute Gasteiger partial charge is 0.494 e. The van der Waals surface area contributed by atoms with Crippen molar-refractivity contribution in [2.75, 3.05) is 31.7 Å². The van der Waals surface area contributed by atoms with Gasteiger partial charge in [-0.05, 0) is 62.1 Å². The summed E-state index contributed by atoms with van der Waals surface area (Å²) in [7, 11) is 0. The summed E-state index contributed by atoms with van der Waals surface area (Å²) in [6.07, 6.45) is 0.382. The Hall–Kier alpha value is -3.53. The van der Waals surface area contributed by atoms with E-state index in [2.05, 4.69) is 5.32 Å². The Labute approximate surface area is 227 Å². The normalized spacial score (nSPS) is 15.0. The highest BCUT2D eigenvalue weighted by Crippen LogP contribution is 2.35. The van der Waals surface area contributed by atoms with Gasteiger partial charge in [0.1, 0.15) is 23.4 Å². The van der Waals surface area contributed by atoms with Gasteiger partial charge in [-0.3, -0.25) is 14.4 Å². The first kappa shape index (κ1) is 30.0. The molecule has 1 atom stereocenters. The second kappa shape index (κ2) is 13.0. The van der Waals surface area contributed by atoms with E-state index in [1.165, 1.54) is 4.90 Å². The minimum absolute atomic E-state index is 0.0463. The van der Waals surface area contributed by atoms with Crippen LogP contribution in [0.5, 0.6) is 5.75 Å². The molecule has 2 N–H and O–H groups in total. The van der Waals surface area contributed by atoms with Crippen LogP contribution in [-0.2, 0) is 31.0 Å². The molecule has 39 heavy (non-hydrogen) atoms. The number of anilines is 1. The van der Waals surface area contributed by atoms with E-state index in [9.17, 15) is 14.4 Å². The molecule has 3 rings (SSSR count). The molecule has 1 aliphatic heterocycles. The lowest BCUT2D eigenvalue weighted by atomic mass is 9.84. The van der Waals surface area contributed by atoms with Gasteiger partial charge in [-0.2, -0.15) is 0 Å². The average Bonchev–Trinajstić information content (AvgIpc) is 2.86. The SMILES string of the molecule is CCOCC(C)(C)c1c(F)cc(NC(=O)[C@H]2c3ccc(OCC)cc3CCN2C(=O)CCCC(=O)O)cc1F. The van der Waals surface area contributed by atoms with Crippen molar-refractivity contribution in [2.24, 2.45) is 0 Å². The van der Waals surface area contributed by atoms with Crippen molar-refractivity contribution in [1.82, 2.24) is 4.90 Å². The second-order valence-electron chi connectivity index (χ2n) is 10.1. The van der Waals surface area contributed by atoms with Crippen LogP contribution in [-0.4, -0.2) is 54.2 Å². The van der Waals surface area contributed by atoms with Gasteiger partial charge in [0.15, 0.2) is 0 Å². The molecule has 2 aromatic carbocycles. The van der Waals surface area contributed by atoms with Gasteiger partial charge in [0.05, 0.1) is 13.2 Å². The lowest BCUT2D eigenvalue weighted by Gasteiger charge is -2.36. The number of carbonyl (C=O) groups excluding carboxylic acids is 2. The van der Waals surface area contributed by atoms with Crippen LogP contribution >= 0.6 is 0 Å². The van der Waals surface area contributed by atoms with Gasteiger partial charge in [0.2, 0.25) is 5.91 Å². The van der Waals surface area contributed by atoms with Gasteiger partial charge < -0.3 is 24.8 Å². The molecule has 2 amide bonds. The van der Waals surface area contributed by atoms with Crippen LogP contribution < -0.4 is 10.1 Å². The van der Waals surface area contributed by atoms with Crippen molar-refractivity contribution in [2.45, 2.75) is 64.8 Å². The van der Waals surface area contributed by atoms with Crippen molar-refractivity contribution in [1.29, 1.82) is 0 Å². The Morgan fingerprint density at radius 2 is 1.77 bits per heavy atom. The number of fused-ring (bicyclic) bond motifs is 1. The number of benzene rings is 2. The third-order valence-electron chi connectivity index (χ3n) is 6.66. The van der Waals surface area contributed by atoms with Crippen LogP contribution in [0.2, 0.25) is 0 Å². The fourth-order valence-corrected chi connectivity index (χ4v) is 4.88. The van der Waals surface area contributed by atoms with Crippen LogP contribution in [0.25, 0.3) is 0 Å². The van der Waals surface area contributed by atoms with Gasteiger partial charge in [-0.1, -0.05) is 19.9 Å². The topological polar surface area (TPSA) is 105 Å². The fraction of sp³-hybridized carbons (Fsp3) is 0.483. The van der Waals surface area contributed by atoms with E-state index in [0.717, 1.165) is 17.7 Å². The highest BCUT2D eigenvalue weighted by atomic mass is 19.1. The Morgan fingerprint density at radius 1 is 1.08 bits per heavy atom. The summed E-state index contributed by atoms with van der Waals surface area (Å²) in [6, 6.07) is 6.29. The highest BCUT2D eigenvalue weighted by molar-refractivity contribution is 5.98. The molecule has 1 aliphatic rings. The number of ether oxygens (including phenoxy) is 2. The number of hydrogen-bond donors (Lipinski definition) is 2. The number of carbonyl (C=O) groups is 3. The summed E-state index contributed by atoms with van der Waals surface area (Å²) in [5.41, 5.74) is 0.232. The number of nitrogens with zero attached hydrogens (tertiary/aromatic N) is 1. The number of halogens is 2. The molecule has 1 heterocycles. The Morgan fingerprint density at radius 3 is 2.38 bits per heavy atom. The van der Waals surface area contributed by atoms with E-state index >= 15 is 8.78 Å². The molecule has 0 saturated heterocycles. The molecule has 0 unspecified atom stereocenters. The molecule has 0 spiro atoms. The number of carboxylic acids is 1. The van der Waals surface area contributed by atoms with Crippen molar-refractivity contribution in [3.05, 3.63) is 58.7 Å². The number of rotatable bonds is 12. The minimum atomic E-state index is -1.07. The summed E-state index contributed by atoms with van der Waals surface area (Å²) in [5, 5.41) is 11.5. The monoisotopic (exact) mass is 546 g/mol. The number of nitrogens with one attached hydrogen (secondary N) is 1. The Kier molecular flexibility index (Phi) is 10.0. The number of aliphatic carboxylic acids is 1. The zero-order chi connectivity index (χ0) is 28.7. The molecule has 0 saturated carbocycles. The maximum Gasteiger partial charge on any atom is 0.303 e. The molecule has 0 radical (unpaired) electrons. The standard InChI is InChI=1S/C29H36F2N2O6/c1-5-38-17-29(3,4)26-22(30)15-19(16-23(26)31)32-28(37)27-21-11-10-20(39-6-2)14-18(21)12-13-33(27)24(34)8-7-9-25(35)36/h10-11,14-16,27H,5-9,12-13,17H2,1-4H3,(H,32,37)(H,35,36)/t27-/m1/s1. The van der Waals surface area contributed by atoms with Crippen LogP contribution in [0.4, 0.5) is 14.5 Å². The average molecular weight is 547 g/mol. The van der Waals surface area contributed by atoms with E-state index in [1.807, 2.05) is 13.0 Å². The number of hydrogen-bond acceptors (Lipinski definition) is 5. The third-order valence-corrected chi connectivity index (χ3v) is 6.66. The zero-order valence-corrected chi connectivity index (χ0v) is 22.8. The first-order valence-electron chi connectivity index (χ1n) is 13.1. The molecule has 2 aromatic rings. The van der Waals surface area contributed by atoms with Gasteiger partial charge in [0.25, 0.3) is 5.91 Å². The molecule has 0 aromatic heterocycles. The summed E-state index contributed by atoms with van der Waals surface area (Å²) in [4.78, 5) is 39.0. The summed E-state index contributed by atoms with van der Waals surface area (Å²) >= 11 is 0. The molecule has 212 valence electrons. The van der Waals surface area contributed by atoms with Crippen LogP contribution in [0, 0.1) is 11.6 Å². The zero-order valence-electron chi connectivity index (χ0n) is 22.8. The van der Waals surface area contributed by atoms with Crippen LogP contribution in [0.3, 0.4) is 0 Å². The van der Waals surface area contributed by atoms with Crippen molar-refractivity contribution < 1.29 is 37.7 Å². The Balaban J connectivity index is 1.92. The van der Waals surface area contributed by atoms with E-state index < -0.39 is 35.0 Å².